The Balaban J connectivity index is 1.76. The van der Waals surface area contributed by atoms with Crippen molar-refractivity contribution in [3.63, 3.8) is 0 Å². The van der Waals surface area contributed by atoms with Gasteiger partial charge in [0.25, 0.3) is 5.91 Å². The molecule has 25 heavy (non-hydrogen) atoms. The summed E-state index contributed by atoms with van der Waals surface area (Å²) in [7, 11) is -3.91. The summed E-state index contributed by atoms with van der Waals surface area (Å²) in [5.74, 6) is -1.17. The molecule has 7 heteroatoms. The Morgan fingerprint density at radius 1 is 1.04 bits per heavy atom. The zero-order valence-corrected chi connectivity index (χ0v) is 13.9. The number of hydrogen-bond donors (Lipinski definition) is 2. The highest BCUT2D eigenvalue weighted by Crippen LogP contribution is 2.39. The van der Waals surface area contributed by atoms with E-state index >= 15 is 0 Å². The molecule has 1 saturated carbocycles. The second-order valence-electron chi connectivity index (χ2n) is 6.08. The van der Waals surface area contributed by atoms with Crippen molar-refractivity contribution in [1.82, 2.24) is 5.32 Å². The van der Waals surface area contributed by atoms with Gasteiger partial charge in [0.15, 0.2) is 4.91 Å². The zero-order valence-electron chi connectivity index (χ0n) is 13.1. The first-order valence-electron chi connectivity index (χ1n) is 7.89. The van der Waals surface area contributed by atoms with E-state index in [1.54, 1.807) is 18.2 Å². The first kappa shape index (κ1) is 15.8. The van der Waals surface area contributed by atoms with Gasteiger partial charge in [-0.3, -0.25) is 4.79 Å². The molecular formula is C18H15FN2O3S. The molecule has 0 saturated heterocycles. The maximum atomic E-state index is 13.0. The van der Waals surface area contributed by atoms with Crippen LogP contribution in [-0.2, 0) is 14.6 Å². The molecular weight excluding hydrogens is 343 g/mol. The lowest BCUT2D eigenvalue weighted by Crippen LogP contribution is -2.23. The van der Waals surface area contributed by atoms with Crippen molar-refractivity contribution >= 4 is 27.1 Å². The second kappa shape index (κ2) is 5.70. The number of benzene rings is 2. The minimum atomic E-state index is -3.91. The Bertz CT molecular complexity index is 993. The molecule has 0 radical (unpaired) electrons. The van der Waals surface area contributed by atoms with Crippen LogP contribution < -0.4 is 10.6 Å². The summed E-state index contributed by atoms with van der Waals surface area (Å²) in [6, 6.07) is 11.9. The number of rotatable bonds is 4. The van der Waals surface area contributed by atoms with Gasteiger partial charge in [-0.1, -0.05) is 18.2 Å². The summed E-state index contributed by atoms with van der Waals surface area (Å²) in [6.45, 7) is 0. The average molecular weight is 358 g/mol. The van der Waals surface area contributed by atoms with E-state index in [1.165, 1.54) is 30.3 Å². The van der Waals surface area contributed by atoms with Crippen molar-refractivity contribution in [1.29, 1.82) is 0 Å². The van der Waals surface area contributed by atoms with Crippen LogP contribution in [0.3, 0.4) is 0 Å². The number of carbonyl (C=O) groups is 1. The molecule has 0 spiro atoms. The smallest absolute Gasteiger partial charge is 0.269 e. The number of nitrogens with one attached hydrogen (secondary N) is 2. The summed E-state index contributed by atoms with van der Waals surface area (Å²) < 4.78 is 38.7. The number of hydrogen-bond acceptors (Lipinski definition) is 4. The molecule has 0 bridgehead atoms. The molecule has 1 aliphatic carbocycles. The zero-order chi connectivity index (χ0) is 17.6. The van der Waals surface area contributed by atoms with Gasteiger partial charge in [-0.05, 0) is 43.2 Å². The van der Waals surface area contributed by atoms with Crippen LogP contribution in [0.1, 0.15) is 18.4 Å². The molecule has 2 aromatic rings. The number of carbonyl (C=O) groups excluding carboxylic acids is 1. The number of anilines is 1. The lowest BCUT2D eigenvalue weighted by molar-refractivity contribution is -0.112. The fourth-order valence-electron chi connectivity index (χ4n) is 2.81. The van der Waals surface area contributed by atoms with E-state index in [2.05, 4.69) is 10.6 Å². The molecule has 2 N–H and O–H groups in total. The van der Waals surface area contributed by atoms with Crippen molar-refractivity contribution in [2.75, 3.05) is 5.32 Å². The lowest BCUT2D eigenvalue weighted by Gasteiger charge is -2.10. The van der Waals surface area contributed by atoms with Gasteiger partial charge in [0.2, 0.25) is 9.84 Å². The molecule has 128 valence electrons. The van der Waals surface area contributed by atoms with E-state index in [1.807, 2.05) is 0 Å². The van der Waals surface area contributed by atoms with Crippen molar-refractivity contribution in [3.8, 4) is 0 Å². The molecule has 2 aromatic carbocycles. The minimum absolute atomic E-state index is 0.127. The molecule has 1 amide bonds. The number of fused-ring (bicyclic) bond motifs is 1. The lowest BCUT2D eigenvalue weighted by atomic mass is 10.1. The predicted octanol–water partition coefficient (Wildman–Crippen LogP) is 2.67. The van der Waals surface area contributed by atoms with Crippen LogP contribution >= 0.6 is 0 Å². The number of amides is 1. The molecule has 1 fully saturated rings. The second-order valence-corrected chi connectivity index (χ2v) is 7.94. The van der Waals surface area contributed by atoms with E-state index in [9.17, 15) is 17.6 Å². The van der Waals surface area contributed by atoms with Crippen molar-refractivity contribution in [2.45, 2.75) is 23.8 Å². The maximum absolute atomic E-state index is 13.0. The Labute approximate surface area is 144 Å². The van der Waals surface area contributed by atoms with E-state index in [0.29, 0.717) is 16.9 Å². The average Bonchev–Trinajstić information content (AvgIpc) is 3.36. The first-order chi connectivity index (χ1) is 12.0. The Morgan fingerprint density at radius 3 is 2.40 bits per heavy atom. The minimum Gasteiger partial charge on any atom is -0.381 e. The monoisotopic (exact) mass is 358 g/mol. The van der Waals surface area contributed by atoms with E-state index in [-0.39, 0.29) is 15.8 Å². The van der Waals surface area contributed by atoms with Gasteiger partial charge < -0.3 is 10.6 Å². The third-order valence-corrected chi connectivity index (χ3v) is 6.04. The highest BCUT2D eigenvalue weighted by atomic mass is 32.2. The van der Waals surface area contributed by atoms with Gasteiger partial charge in [-0.15, -0.1) is 0 Å². The van der Waals surface area contributed by atoms with Crippen LogP contribution in [-0.4, -0.2) is 20.4 Å². The van der Waals surface area contributed by atoms with Crippen LogP contribution in [0.5, 0.6) is 0 Å². The molecule has 4 rings (SSSR count). The van der Waals surface area contributed by atoms with Crippen LogP contribution in [0.15, 0.2) is 58.3 Å². The first-order valence-corrected chi connectivity index (χ1v) is 9.37. The van der Waals surface area contributed by atoms with Gasteiger partial charge in [0.1, 0.15) is 5.82 Å². The SMILES string of the molecule is O=C(Nc1ccc(F)cc1)C1=C(NC2CC2)c2ccccc2S1(=O)=O. The third kappa shape index (κ3) is 2.80. The van der Waals surface area contributed by atoms with E-state index in [4.69, 9.17) is 0 Å². The van der Waals surface area contributed by atoms with Crippen molar-refractivity contribution in [3.05, 3.63) is 64.8 Å². The Hall–Kier alpha value is -2.67. The predicted molar refractivity (Wildman–Crippen MR) is 91.7 cm³/mol. The molecule has 0 unspecified atom stereocenters. The summed E-state index contributed by atoms with van der Waals surface area (Å²) in [5, 5.41) is 5.71. The van der Waals surface area contributed by atoms with Gasteiger partial charge in [0.05, 0.1) is 10.6 Å². The van der Waals surface area contributed by atoms with Gasteiger partial charge in [-0.25, -0.2) is 12.8 Å². The largest absolute Gasteiger partial charge is 0.381 e. The molecule has 0 aromatic heterocycles. The highest BCUT2D eigenvalue weighted by Gasteiger charge is 2.41. The van der Waals surface area contributed by atoms with Gasteiger partial charge in [-0.2, -0.15) is 0 Å². The fraction of sp³-hybridized carbons (Fsp3) is 0.167. The number of sulfone groups is 1. The summed E-state index contributed by atoms with van der Waals surface area (Å²) >= 11 is 0. The van der Waals surface area contributed by atoms with Crippen LogP contribution in [0.4, 0.5) is 10.1 Å². The van der Waals surface area contributed by atoms with Crippen molar-refractivity contribution in [2.24, 2.45) is 0 Å². The fourth-order valence-corrected chi connectivity index (χ4v) is 4.48. The third-order valence-electron chi connectivity index (χ3n) is 4.18. The molecule has 1 aliphatic heterocycles. The number of halogens is 1. The van der Waals surface area contributed by atoms with E-state index in [0.717, 1.165) is 12.8 Å². The standard InChI is InChI=1S/C18H15FN2O3S/c19-11-5-7-13(8-6-11)21-18(22)17-16(20-12-9-10-12)14-3-1-2-4-15(14)25(17,23)24/h1-8,12,20H,9-10H2,(H,21,22). The molecule has 5 nitrogen and oxygen atoms in total. The van der Waals surface area contributed by atoms with Crippen LogP contribution in [0, 0.1) is 5.82 Å². The Kier molecular flexibility index (Phi) is 3.61. The molecule has 2 aliphatic rings. The van der Waals surface area contributed by atoms with Crippen LogP contribution in [0.2, 0.25) is 0 Å². The highest BCUT2D eigenvalue weighted by molar-refractivity contribution is 7.97. The van der Waals surface area contributed by atoms with Crippen LogP contribution in [0.25, 0.3) is 5.70 Å². The normalized spacial score (nSPS) is 18.0. The van der Waals surface area contributed by atoms with Crippen molar-refractivity contribution < 1.29 is 17.6 Å². The van der Waals surface area contributed by atoms with E-state index < -0.39 is 21.6 Å². The summed E-state index contributed by atoms with van der Waals surface area (Å²) in [6.07, 6.45) is 1.89. The summed E-state index contributed by atoms with van der Waals surface area (Å²) in [5.41, 5.74) is 1.19. The maximum Gasteiger partial charge on any atom is 0.269 e. The molecule has 1 heterocycles. The Morgan fingerprint density at radius 2 is 1.72 bits per heavy atom. The quantitative estimate of drug-likeness (QED) is 0.881. The van der Waals surface area contributed by atoms with Gasteiger partial charge in [0, 0.05) is 17.3 Å². The topological polar surface area (TPSA) is 75.3 Å². The molecule has 0 atom stereocenters. The summed E-state index contributed by atoms with van der Waals surface area (Å²) in [4.78, 5) is 12.6. The van der Waals surface area contributed by atoms with Gasteiger partial charge >= 0.3 is 0 Å².